The molecule has 1 aromatic rings. The van der Waals surface area contributed by atoms with E-state index in [1.54, 1.807) is 12.1 Å². The summed E-state index contributed by atoms with van der Waals surface area (Å²) in [4.78, 5) is 37.6. The van der Waals surface area contributed by atoms with Crippen LogP contribution in [0.5, 0.6) is 0 Å². The Labute approximate surface area is 134 Å². The van der Waals surface area contributed by atoms with Gasteiger partial charge in [0.2, 0.25) is 18.2 Å². The first-order chi connectivity index (χ1) is 11.0. The van der Waals surface area contributed by atoms with Crippen molar-refractivity contribution in [1.82, 2.24) is 9.80 Å². The topological polar surface area (TPSA) is 93.5 Å². The third-order valence-corrected chi connectivity index (χ3v) is 3.75. The second kappa shape index (κ2) is 7.40. The molecule has 23 heavy (non-hydrogen) atoms. The first-order valence-corrected chi connectivity index (χ1v) is 7.25. The summed E-state index contributed by atoms with van der Waals surface area (Å²) in [7, 11) is 1.49. The molecule has 2 atom stereocenters. The minimum atomic E-state index is -0.644. The molecule has 0 saturated carbocycles. The molecule has 1 fully saturated rings. The molecule has 3 amide bonds. The Hall–Kier alpha value is -2.88. The van der Waals surface area contributed by atoms with Gasteiger partial charge < -0.3 is 15.1 Å². The standard InChI is InChI=1S/C16H18N4O3/c1-19(11-21)10-15(22)20-9-12(7-14(20)8-17)16(23)18-13-5-3-2-4-6-13/h2-6,11-12,14H,7,9-10H2,1H3,(H,18,23). The van der Waals surface area contributed by atoms with Gasteiger partial charge in [-0.25, -0.2) is 0 Å². The lowest BCUT2D eigenvalue weighted by molar-refractivity contribution is -0.135. The van der Waals surface area contributed by atoms with Crippen molar-refractivity contribution < 1.29 is 14.4 Å². The van der Waals surface area contributed by atoms with Crippen LogP contribution in [0.2, 0.25) is 0 Å². The number of carbonyl (C=O) groups excluding carboxylic acids is 3. The molecular formula is C16H18N4O3. The molecule has 1 aromatic carbocycles. The molecule has 1 heterocycles. The zero-order valence-electron chi connectivity index (χ0n) is 12.8. The van der Waals surface area contributed by atoms with E-state index in [4.69, 9.17) is 0 Å². The van der Waals surface area contributed by atoms with Crippen LogP contribution in [0.3, 0.4) is 0 Å². The van der Waals surface area contributed by atoms with E-state index in [2.05, 4.69) is 11.4 Å². The Morgan fingerprint density at radius 2 is 2.13 bits per heavy atom. The quantitative estimate of drug-likeness (QED) is 0.799. The molecule has 1 N–H and O–H groups in total. The maximum absolute atomic E-state index is 12.3. The number of nitrogens with one attached hydrogen (secondary N) is 1. The normalized spacial score (nSPS) is 19.7. The second-order valence-electron chi connectivity index (χ2n) is 5.50. The van der Waals surface area contributed by atoms with E-state index in [-0.39, 0.29) is 24.9 Å². The number of hydrogen-bond acceptors (Lipinski definition) is 4. The maximum atomic E-state index is 12.3. The fourth-order valence-electron chi connectivity index (χ4n) is 2.53. The van der Waals surface area contributed by atoms with Gasteiger partial charge in [0.1, 0.15) is 6.04 Å². The van der Waals surface area contributed by atoms with Gasteiger partial charge in [-0.1, -0.05) is 18.2 Å². The summed E-state index contributed by atoms with van der Waals surface area (Å²) in [5.74, 6) is -0.984. The number of likely N-dealkylation sites (N-methyl/N-ethyl adjacent to an activating group) is 1. The SMILES string of the molecule is CN(C=O)CC(=O)N1CC(C(=O)Nc2ccccc2)CC1C#N. The van der Waals surface area contributed by atoms with Crippen molar-refractivity contribution in [3.8, 4) is 6.07 Å². The Bertz CT molecular complexity index is 626. The Balaban J connectivity index is 2.00. The summed E-state index contributed by atoms with van der Waals surface area (Å²) in [5.41, 5.74) is 0.677. The van der Waals surface area contributed by atoms with Crippen LogP contribution in [0.15, 0.2) is 30.3 Å². The van der Waals surface area contributed by atoms with Crippen molar-refractivity contribution in [3.05, 3.63) is 30.3 Å². The smallest absolute Gasteiger partial charge is 0.243 e. The molecular weight excluding hydrogens is 296 g/mol. The van der Waals surface area contributed by atoms with Crippen LogP contribution in [0.1, 0.15) is 6.42 Å². The zero-order valence-corrected chi connectivity index (χ0v) is 12.8. The first-order valence-electron chi connectivity index (χ1n) is 7.25. The van der Waals surface area contributed by atoms with E-state index >= 15 is 0 Å². The van der Waals surface area contributed by atoms with Crippen molar-refractivity contribution in [2.75, 3.05) is 25.5 Å². The number of hydrogen-bond donors (Lipinski definition) is 1. The molecule has 2 rings (SSSR count). The Kier molecular flexibility index (Phi) is 5.31. The van der Waals surface area contributed by atoms with Crippen molar-refractivity contribution in [2.45, 2.75) is 12.5 Å². The molecule has 1 saturated heterocycles. The van der Waals surface area contributed by atoms with Gasteiger partial charge in [0.15, 0.2) is 0 Å². The summed E-state index contributed by atoms with van der Waals surface area (Å²) in [6, 6.07) is 10.4. The summed E-state index contributed by atoms with van der Waals surface area (Å²) >= 11 is 0. The van der Waals surface area contributed by atoms with E-state index in [1.807, 2.05) is 18.2 Å². The van der Waals surface area contributed by atoms with E-state index < -0.39 is 12.0 Å². The van der Waals surface area contributed by atoms with Crippen LogP contribution >= 0.6 is 0 Å². The largest absolute Gasteiger partial charge is 0.339 e. The van der Waals surface area contributed by atoms with Crippen molar-refractivity contribution in [2.24, 2.45) is 5.92 Å². The molecule has 0 bridgehead atoms. The highest BCUT2D eigenvalue weighted by Crippen LogP contribution is 2.24. The zero-order chi connectivity index (χ0) is 16.8. The van der Waals surface area contributed by atoms with Crippen LogP contribution in [0.25, 0.3) is 0 Å². The van der Waals surface area contributed by atoms with E-state index in [0.29, 0.717) is 18.5 Å². The van der Waals surface area contributed by atoms with Gasteiger partial charge in [-0.05, 0) is 18.6 Å². The number of carbonyl (C=O) groups is 3. The summed E-state index contributed by atoms with van der Waals surface area (Å²) in [6.45, 7) is 0.0805. The number of nitriles is 1. The van der Waals surface area contributed by atoms with Crippen LogP contribution < -0.4 is 5.32 Å². The number of benzene rings is 1. The van der Waals surface area contributed by atoms with Gasteiger partial charge in [-0.2, -0.15) is 5.26 Å². The fraction of sp³-hybridized carbons (Fsp3) is 0.375. The van der Waals surface area contributed by atoms with Gasteiger partial charge in [-0.3, -0.25) is 14.4 Å². The molecule has 0 spiro atoms. The molecule has 120 valence electrons. The molecule has 2 unspecified atom stereocenters. The van der Waals surface area contributed by atoms with Gasteiger partial charge >= 0.3 is 0 Å². The number of nitrogens with zero attached hydrogens (tertiary/aromatic N) is 3. The summed E-state index contributed by atoms with van der Waals surface area (Å²) in [5, 5.41) is 12.0. The Morgan fingerprint density at radius 3 is 2.74 bits per heavy atom. The highest BCUT2D eigenvalue weighted by molar-refractivity contribution is 5.93. The molecule has 7 heteroatoms. The van der Waals surface area contributed by atoms with Gasteiger partial charge in [0.25, 0.3) is 0 Å². The number of para-hydroxylation sites is 1. The van der Waals surface area contributed by atoms with E-state index in [1.165, 1.54) is 16.8 Å². The first kappa shape index (κ1) is 16.5. The molecule has 1 aliphatic rings. The Morgan fingerprint density at radius 1 is 1.43 bits per heavy atom. The fourth-order valence-corrected chi connectivity index (χ4v) is 2.53. The van der Waals surface area contributed by atoms with Gasteiger partial charge in [0, 0.05) is 19.3 Å². The van der Waals surface area contributed by atoms with Crippen molar-refractivity contribution in [1.29, 1.82) is 5.26 Å². The average molecular weight is 314 g/mol. The molecule has 7 nitrogen and oxygen atoms in total. The number of anilines is 1. The monoisotopic (exact) mass is 314 g/mol. The van der Waals surface area contributed by atoms with Crippen LogP contribution in [0, 0.1) is 17.2 Å². The van der Waals surface area contributed by atoms with Crippen LogP contribution in [0.4, 0.5) is 5.69 Å². The van der Waals surface area contributed by atoms with Crippen molar-refractivity contribution in [3.63, 3.8) is 0 Å². The van der Waals surface area contributed by atoms with E-state index in [0.717, 1.165) is 0 Å². The highest BCUT2D eigenvalue weighted by Gasteiger charge is 2.38. The second-order valence-corrected chi connectivity index (χ2v) is 5.50. The van der Waals surface area contributed by atoms with Crippen molar-refractivity contribution >= 4 is 23.9 Å². The lowest BCUT2D eigenvalue weighted by atomic mass is 10.1. The lowest BCUT2D eigenvalue weighted by Gasteiger charge is -2.21. The maximum Gasteiger partial charge on any atom is 0.243 e. The molecule has 0 aromatic heterocycles. The van der Waals surface area contributed by atoms with Gasteiger partial charge in [0.05, 0.1) is 18.5 Å². The van der Waals surface area contributed by atoms with Crippen LogP contribution in [-0.2, 0) is 14.4 Å². The molecule has 0 radical (unpaired) electrons. The third-order valence-electron chi connectivity index (χ3n) is 3.75. The molecule has 0 aliphatic carbocycles. The highest BCUT2D eigenvalue weighted by atomic mass is 16.2. The predicted molar refractivity (Wildman–Crippen MR) is 83.0 cm³/mol. The number of amides is 3. The lowest BCUT2D eigenvalue weighted by Crippen LogP contribution is -2.41. The molecule has 1 aliphatic heterocycles. The van der Waals surface area contributed by atoms with Gasteiger partial charge in [-0.15, -0.1) is 0 Å². The minimum Gasteiger partial charge on any atom is -0.339 e. The number of likely N-dealkylation sites (tertiary alicyclic amines) is 1. The van der Waals surface area contributed by atoms with E-state index in [9.17, 15) is 19.6 Å². The predicted octanol–water partition coefficient (Wildman–Crippen LogP) is 0.454. The minimum absolute atomic E-state index is 0.102. The average Bonchev–Trinajstić information content (AvgIpc) is 3.00. The summed E-state index contributed by atoms with van der Waals surface area (Å²) in [6.07, 6.45) is 0.848. The number of rotatable bonds is 5. The third kappa shape index (κ3) is 4.07. The summed E-state index contributed by atoms with van der Waals surface area (Å²) < 4.78 is 0. The van der Waals surface area contributed by atoms with Crippen LogP contribution in [-0.4, -0.2) is 54.2 Å².